The summed E-state index contributed by atoms with van der Waals surface area (Å²) in [7, 11) is 1.40. The van der Waals surface area contributed by atoms with Gasteiger partial charge in [-0.3, -0.25) is 9.59 Å². The molecule has 0 aliphatic carbocycles. The third kappa shape index (κ3) is 4.97. The van der Waals surface area contributed by atoms with Gasteiger partial charge in [0.15, 0.2) is 0 Å². The molecule has 0 spiro atoms. The summed E-state index contributed by atoms with van der Waals surface area (Å²) in [6, 6.07) is 7.33. The maximum atomic E-state index is 12.0. The van der Waals surface area contributed by atoms with Crippen LogP contribution in [0.1, 0.15) is 15.2 Å². The number of rotatable bonds is 6. The van der Waals surface area contributed by atoms with Gasteiger partial charge in [0.25, 0.3) is 0 Å². The molecule has 0 bridgehead atoms. The Balaban J connectivity index is 2.78. The minimum atomic E-state index is -2.02. The van der Waals surface area contributed by atoms with Crippen LogP contribution >= 0.6 is 0 Å². The summed E-state index contributed by atoms with van der Waals surface area (Å²) in [5.41, 5.74) is 0.326. The number of methoxy groups -OCH3 is 1. The Labute approximate surface area is 109 Å². The molecule has 0 fully saturated rings. The molecule has 1 aromatic carbocycles. The van der Waals surface area contributed by atoms with E-state index in [-0.39, 0.29) is 12.5 Å². The van der Waals surface area contributed by atoms with Crippen LogP contribution in [0.3, 0.4) is 0 Å². The molecule has 0 saturated carbocycles. The Morgan fingerprint density at radius 1 is 1.39 bits per heavy atom. The van der Waals surface area contributed by atoms with E-state index in [0.29, 0.717) is 5.56 Å². The summed E-state index contributed by atoms with van der Waals surface area (Å²) in [6.45, 7) is -0.777. The number of nitrogens with one attached hydrogen (secondary N) is 2. The van der Waals surface area contributed by atoms with Crippen LogP contribution in [0.25, 0.3) is 0 Å². The fourth-order valence-electron chi connectivity index (χ4n) is 1.34. The largest absolute Gasteiger partial charge is 0.382 e. The number of hydrogen-bond donors (Lipinski definition) is 2. The number of benzene rings is 1. The first kappa shape index (κ1) is 11.2. The molecule has 0 aromatic heterocycles. The number of hydrogen-bond acceptors (Lipinski definition) is 3. The van der Waals surface area contributed by atoms with Gasteiger partial charge in [0.1, 0.15) is 6.04 Å². The van der Waals surface area contributed by atoms with Crippen LogP contribution in [-0.4, -0.2) is 31.6 Å². The fraction of sp³-hybridized carbons (Fsp3) is 0.385. The lowest BCUT2D eigenvalue weighted by Gasteiger charge is -2.16. The number of carbonyl (C=O) groups is 2. The predicted octanol–water partition coefficient (Wildman–Crippen LogP) is 0.454. The highest BCUT2D eigenvalue weighted by atomic mass is 16.5. The molecule has 0 aliphatic heterocycles. The average molecular weight is 252 g/mol. The Kier molecular flexibility index (Phi) is 4.64. The van der Waals surface area contributed by atoms with E-state index < -0.39 is 18.4 Å². The van der Waals surface area contributed by atoms with Crippen molar-refractivity contribution in [2.45, 2.75) is 19.5 Å². The van der Waals surface area contributed by atoms with Gasteiger partial charge < -0.3 is 15.4 Å². The van der Waals surface area contributed by atoms with Crippen molar-refractivity contribution in [2.75, 3.05) is 13.7 Å². The van der Waals surface area contributed by atoms with Crippen molar-refractivity contribution >= 4 is 11.8 Å². The highest BCUT2D eigenvalue weighted by molar-refractivity contribution is 5.86. The SMILES string of the molecule is [2H]C([2H])(NC(=O)C(COC)NC(C)=O)c1ccccc1. The van der Waals surface area contributed by atoms with E-state index in [1.54, 1.807) is 30.3 Å². The van der Waals surface area contributed by atoms with Gasteiger partial charge >= 0.3 is 0 Å². The van der Waals surface area contributed by atoms with Gasteiger partial charge in [-0.15, -0.1) is 0 Å². The Morgan fingerprint density at radius 2 is 2.06 bits per heavy atom. The summed E-state index contributed by atoms with van der Waals surface area (Å²) in [5, 5.41) is 4.67. The van der Waals surface area contributed by atoms with Gasteiger partial charge in [-0.2, -0.15) is 0 Å². The van der Waals surface area contributed by atoms with Crippen LogP contribution in [0.15, 0.2) is 30.3 Å². The van der Waals surface area contributed by atoms with Gasteiger partial charge in [-0.25, -0.2) is 0 Å². The highest BCUT2D eigenvalue weighted by Gasteiger charge is 2.18. The van der Waals surface area contributed by atoms with Gasteiger partial charge in [0.2, 0.25) is 11.8 Å². The molecule has 1 atom stereocenters. The summed E-state index contributed by atoms with van der Waals surface area (Å²) in [5.74, 6) is -1.03. The van der Waals surface area contributed by atoms with Crippen molar-refractivity contribution in [2.24, 2.45) is 0 Å². The predicted molar refractivity (Wildman–Crippen MR) is 67.8 cm³/mol. The molecule has 98 valence electrons. The van der Waals surface area contributed by atoms with Gasteiger partial charge in [-0.05, 0) is 5.56 Å². The maximum Gasteiger partial charge on any atom is 0.245 e. The lowest BCUT2D eigenvalue weighted by molar-refractivity contribution is -0.129. The molecule has 1 aromatic rings. The third-order valence-corrected chi connectivity index (χ3v) is 2.13. The molecule has 5 nitrogen and oxygen atoms in total. The Hall–Kier alpha value is -1.88. The first-order chi connectivity index (χ1) is 9.36. The molecule has 0 saturated heterocycles. The summed E-state index contributed by atoms with van der Waals surface area (Å²) in [4.78, 5) is 23.0. The molecule has 18 heavy (non-hydrogen) atoms. The van der Waals surface area contributed by atoms with Crippen LogP contribution in [0.5, 0.6) is 0 Å². The van der Waals surface area contributed by atoms with Crippen molar-refractivity contribution < 1.29 is 17.1 Å². The van der Waals surface area contributed by atoms with E-state index >= 15 is 0 Å². The monoisotopic (exact) mass is 252 g/mol. The topological polar surface area (TPSA) is 67.4 Å². The second-order valence-electron chi connectivity index (χ2n) is 3.69. The third-order valence-electron chi connectivity index (χ3n) is 2.13. The van der Waals surface area contributed by atoms with Crippen LogP contribution < -0.4 is 10.6 Å². The van der Waals surface area contributed by atoms with Crippen molar-refractivity contribution in [3.63, 3.8) is 0 Å². The number of amides is 2. The van der Waals surface area contributed by atoms with E-state index in [1.807, 2.05) is 0 Å². The smallest absolute Gasteiger partial charge is 0.245 e. The molecule has 2 N–H and O–H groups in total. The standard InChI is InChI=1S/C13H18N2O3/c1-10(16)15-12(9-18-2)13(17)14-8-11-6-4-3-5-7-11/h3-7,12H,8-9H2,1-2H3,(H,14,17)(H,15,16)/i8D2. The number of carbonyl (C=O) groups excluding carboxylic acids is 2. The van der Waals surface area contributed by atoms with Crippen molar-refractivity contribution in [1.82, 2.24) is 10.6 Å². The molecule has 1 unspecified atom stereocenters. The molecular weight excluding hydrogens is 232 g/mol. The first-order valence-electron chi connectivity index (χ1n) is 6.50. The van der Waals surface area contributed by atoms with E-state index in [0.717, 1.165) is 0 Å². The van der Waals surface area contributed by atoms with E-state index in [4.69, 9.17) is 7.48 Å². The van der Waals surface area contributed by atoms with E-state index in [2.05, 4.69) is 10.6 Å². The normalized spacial score (nSPS) is 14.1. The van der Waals surface area contributed by atoms with Crippen molar-refractivity contribution in [3.8, 4) is 0 Å². The average Bonchev–Trinajstić information content (AvgIpc) is 2.38. The lowest BCUT2D eigenvalue weighted by Crippen LogP contribution is -2.48. The molecule has 2 amide bonds. The van der Waals surface area contributed by atoms with E-state index in [1.165, 1.54) is 14.0 Å². The molecular formula is C13H18N2O3. The molecule has 0 aliphatic rings. The summed E-state index contributed by atoms with van der Waals surface area (Å²) >= 11 is 0. The molecule has 1 rings (SSSR count). The molecule has 0 radical (unpaired) electrons. The summed E-state index contributed by atoms with van der Waals surface area (Å²) in [6.07, 6.45) is 0. The minimum absolute atomic E-state index is 0.0315. The van der Waals surface area contributed by atoms with Crippen LogP contribution in [0.2, 0.25) is 0 Å². The van der Waals surface area contributed by atoms with Crippen LogP contribution in [0.4, 0.5) is 0 Å². The van der Waals surface area contributed by atoms with Crippen molar-refractivity contribution in [1.29, 1.82) is 0 Å². The first-order valence-corrected chi connectivity index (χ1v) is 5.50. The fourth-order valence-corrected chi connectivity index (χ4v) is 1.34. The lowest BCUT2D eigenvalue weighted by atomic mass is 10.2. The molecule has 0 heterocycles. The Bertz CT molecular complexity index is 466. The quantitative estimate of drug-likeness (QED) is 0.772. The van der Waals surface area contributed by atoms with Crippen LogP contribution in [-0.2, 0) is 20.8 Å². The second-order valence-corrected chi connectivity index (χ2v) is 3.69. The second kappa shape index (κ2) is 7.45. The zero-order valence-corrected chi connectivity index (χ0v) is 10.4. The maximum absolute atomic E-state index is 12.0. The van der Waals surface area contributed by atoms with Gasteiger partial charge in [0, 0.05) is 20.5 Å². The minimum Gasteiger partial charge on any atom is -0.382 e. The van der Waals surface area contributed by atoms with Crippen molar-refractivity contribution in [3.05, 3.63) is 35.9 Å². The summed E-state index contributed by atoms with van der Waals surface area (Å²) < 4.78 is 20.6. The highest BCUT2D eigenvalue weighted by Crippen LogP contribution is 1.97. The zero-order chi connectivity index (χ0) is 15.2. The van der Waals surface area contributed by atoms with Crippen LogP contribution in [0, 0.1) is 0 Å². The van der Waals surface area contributed by atoms with Gasteiger partial charge in [-0.1, -0.05) is 30.3 Å². The molecule has 5 heteroatoms. The van der Waals surface area contributed by atoms with Gasteiger partial charge in [0.05, 0.1) is 9.35 Å². The van der Waals surface area contributed by atoms with E-state index in [9.17, 15) is 9.59 Å². The number of ether oxygens (including phenoxy) is 1. The zero-order valence-electron chi connectivity index (χ0n) is 12.4. The Morgan fingerprint density at radius 3 is 2.61 bits per heavy atom.